The van der Waals surface area contributed by atoms with Gasteiger partial charge in [0.1, 0.15) is 5.75 Å². The molecule has 0 spiro atoms. The molecule has 4 rings (SSSR count). The van der Waals surface area contributed by atoms with E-state index in [0.717, 1.165) is 30.4 Å². The normalized spacial score (nSPS) is 14.6. The van der Waals surface area contributed by atoms with E-state index in [2.05, 4.69) is 14.9 Å². The summed E-state index contributed by atoms with van der Waals surface area (Å²) >= 11 is 0. The minimum atomic E-state index is -0.0662. The summed E-state index contributed by atoms with van der Waals surface area (Å²) in [5.41, 5.74) is 1.68. The van der Waals surface area contributed by atoms with E-state index in [1.807, 2.05) is 36.5 Å². The molecule has 0 bridgehead atoms. The van der Waals surface area contributed by atoms with Crippen LogP contribution in [0.2, 0.25) is 0 Å². The van der Waals surface area contributed by atoms with Crippen molar-refractivity contribution in [1.29, 1.82) is 0 Å². The Bertz CT molecular complexity index is 960. The van der Waals surface area contributed by atoms with E-state index in [0.29, 0.717) is 17.4 Å². The molecule has 0 radical (unpaired) electrons. The number of methoxy groups -OCH3 is 1. The zero-order chi connectivity index (χ0) is 17.9. The highest BCUT2D eigenvalue weighted by molar-refractivity contribution is 5.77. The summed E-state index contributed by atoms with van der Waals surface area (Å²) in [7, 11) is 1.64. The minimum absolute atomic E-state index is 0.0662. The Labute approximate surface area is 152 Å². The van der Waals surface area contributed by atoms with E-state index < -0.39 is 0 Å². The Morgan fingerprint density at radius 2 is 1.85 bits per heavy atom. The quantitative estimate of drug-likeness (QED) is 0.724. The van der Waals surface area contributed by atoms with Gasteiger partial charge in [-0.3, -0.25) is 4.79 Å². The Kier molecular flexibility index (Phi) is 4.56. The van der Waals surface area contributed by atoms with Gasteiger partial charge in [-0.05, 0) is 43.0 Å². The number of hydrogen-bond acceptors (Lipinski definition) is 5. The summed E-state index contributed by atoms with van der Waals surface area (Å²) in [6, 6.07) is 9.62. The second kappa shape index (κ2) is 7.15. The molecular weight excluding hydrogens is 328 g/mol. The first kappa shape index (κ1) is 16.6. The predicted octanol–water partition coefficient (Wildman–Crippen LogP) is 2.84. The van der Waals surface area contributed by atoms with Gasteiger partial charge < -0.3 is 14.2 Å². The van der Waals surface area contributed by atoms with Crippen LogP contribution in [0.25, 0.3) is 10.9 Å². The molecule has 1 aromatic carbocycles. The lowest BCUT2D eigenvalue weighted by Crippen LogP contribution is -2.31. The third kappa shape index (κ3) is 3.27. The van der Waals surface area contributed by atoms with Gasteiger partial charge in [0.05, 0.1) is 24.6 Å². The van der Waals surface area contributed by atoms with Crippen LogP contribution in [0.1, 0.15) is 24.8 Å². The third-order valence-corrected chi connectivity index (χ3v) is 4.86. The number of pyridine rings is 1. The highest BCUT2D eigenvalue weighted by atomic mass is 16.5. The van der Waals surface area contributed by atoms with E-state index in [1.165, 1.54) is 19.3 Å². The fraction of sp³-hybridized carbons (Fsp3) is 0.350. The standard InChI is InChI=1S/C20H22N4O2/c1-26-16-7-5-15(6-8-16)14-24-12-9-18-17(19(24)25)13-21-20(22-18)23-10-3-2-4-11-23/h5-9,12-13H,2-4,10-11,14H2,1H3. The van der Waals surface area contributed by atoms with Gasteiger partial charge in [-0.2, -0.15) is 0 Å². The summed E-state index contributed by atoms with van der Waals surface area (Å²) in [5.74, 6) is 1.53. The van der Waals surface area contributed by atoms with Crippen molar-refractivity contribution in [2.75, 3.05) is 25.1 Å². The van der Waals surface area contributed by atoms with Crippen molar-refractivity contribution in [3.05, 3.63) is 58.6 Å². The lowest BCUT2D eigenvalue weighted by molar-refractivity contribution is 0.414. The van der Waals surface area contributed by atoms with Crippen molar-refractivity contribution in [1.82, 2.24) is 14.5 Å². The lowest BCUT2D eigenvalue weighted by Gasteiger charge is -2.26. The van der Waals surface area contributed by atoms with Crippen LogP contribution in [0.5, 0.6) is 5.75 Å². The number of fused-ring (bicyclic) bond motifs is 1. The Morgan fingerprint density at radius 3 is 2.58 bits per heavy atom. The molecule has 0 saturated carbocycles. The van der Waals surface area contributed by atoms with Gasteiger partial charge >= 0.3 is 0 Å². The zero-order valence-electron chi connectivity index (χ0n) is 14.9. The number of aromatic nitrogens is 3. The number of benzene rings is 1. The van der Waals surface area contributed by atoms with Gasteiger partial charge in [0.25, 0.3) is 5.56 Å². The summed E-state index contributed by atoms with van der Waals surface area (Å²) in [6.45, 7) is 2.48. The maximum Gasteiger partial charge on any atom is 0.261 e. The zero-order valence-corrected chi connectivity index (χ0v) is 14.9. The SMILES string of the molecule is COc1ccc(Cn2ccc3nc(N4CCCCC4)ncc3c2=O)cc1. The summed E-state index contributed by atoms with van der Waals surface area (Å²) in [4.78, 5) is 24.1. The van der Waals surface area contributed by atoms with Crippen LogP contribution in [-0.4, -0.2) is 34.7 Å². The molecular formula is C20H22N4O2. The van der Waals surface area contributed by atoms with Gasteiger partial charge in [0.15, 0.2) is 0 Å². The molecule has 0 N–H and O–H groups in total. The largest absolute Gasteiger partial charge is 0.497 e. The lowest BCUT2D eigenvalue weighted by atomic mass is 10.1. The first-order valence-corrected chi connectivity index (χ1v) is 8.99. The van der Waals surface area contributed by atoms with Crippen molar-refractivity contribution < 1.29 is 4.74 Å². The molecule has 6 heteroatoms. The number of nitrogens with zero attached hydrogens (tertiary/aromatic N) is 4. The second-order valence-corrected chi connectivity index (χ2v) is 6.61. The van der Waals surface area contributed by atoms with Crippen molar-refractivity contribution in [3.63, 3.8) is 0 Å². The molecule has 1 saturated heterocycles. The highest BCUT2D eigenvalue weighted by Crippen LogP contribution is 2.18. The second-order valence-electron chi connectivity index (χ2n) is 6.61. The fourth-order valence-electron chi connectivity index (χ4n) is 3.36. The number of piperidine rings is 1. The van der Waals surface area contributed by atoms with Crippen molar-refractivity contribution in [2.45, 2.75) is 25.8 Å². The molecule has 0 amide bonds. The van der Waals surface area contributed by atoms with Crippen LogP contribution >= 0.6 is 0 Å². The van der Waals surface area contributed by atoms with Crippen LogP contribution in [0, 0.1) is 0 Å². The van der Waals surface area contributed by atoms with Crippen LogP contribution in [0.3, 0.4) is 0 Å². The first-order chi connectivity index (χ1) is 12.7. The van der Waals surface area contributed by atoms with Crippen molar-refractivity contribution in [2.24, 2.45) is 0 Å². The molecule has 26 heavy (non-hydrogen) atoms. The number of anilines is 1. The molecule has 3 aromatic rings. The van der Waals surface area contributed by atoms with Gasteiger partial charge in [0.2, 0.25) is 5.95 Å². The van der Waals surface area contributed by atoms with Crippen LogP contribution in [0.15, 0.2) is 47.5 Å². The summed E-state index contributed by atoms with van der Waals surface area (Å²) in [6.07, 6.45) is 7.08. The summed E-state index contributed by atoms with van der Waals surface area (Å²) < 4.78 is 6.86. The van der Waals surface area contributed by atoms with Gasteiger partial charge in [-0.25, -0.2) is 9.97 Å². The summed E-state index contributed by atoms with van der Waals surface area (Å²) in [5, 5.41) is 0.557. The number of ether oxygens (including phenoxy) is 1. The average molecular weight is 350 g/mol. The third-order valence-electron chi connectivity index (χ3n) is 4.86. The van der Waals surface area contributed by atoms with Gasteiger partial charge in [0, 0.05) is 25.5 Å². The Hall–Kier alpha value is -2.89. The van der Waals surface area contributed by atoms with E-state index in [9.17, 15) is 4.79 Å². The molecule has 0 unspecified atom stereocenters. The molecule has 1 aliphatic heterocycles. The molecule has 3 heterocycles. The molecule has 6 nitrogen and oxygen atoms in total. The molecule has 0 aliphatic carbocycles. The van der Waals surface area contributed by atoms with Crippen molar-refractivity contribution in [3.8, 4) is 5.75 Å². The molecule has 2 aromatic heterocycles. The Balaban J connectivity index is 1.62. The Morgan fingerprint density at radius 1 is 1.08 bits per heavy atom. The topological polar surface area (TPSA) is 60.2 Å². The first-order valence-electron chi connectivity index (χ1n) is 8.99. The van der Waals surface area contributed by atoms with E-state index in [-0.39, 0.29) is 5.56 Å². The van der Waals surface area contributed by atoms with Gasteiger partial charge in [-0.1, -0.05) is 12.1 Å². The van der Waals surface area contributed by atoms with Crippen LogP contribution in [0.4, 0.5) is 5.95 Å². The fourth-order valence-corrected chi connectivity index (χ4v) is 3.36. The van der Waals surface area contributed by atoms with E-state index >= 15 is 0 Å². The number of hydrogen-bond donors (Lipinski definition) is 0. The van der Waals surface area contributed by atoms with E-state index in [4.69, 9.17) is 4.74 Å². The van der Waals surface area contributed by atoms with Crippen molar-refractivity contribution >= 4 is 16.9 Å². The highest BCUT2D eigenvalue weighted by Gasteiger charge is 2.14. The average Bonchev–Trinajstić information content (AvgIpc) is 2.71. The molecule has 0 atom stereocenters. The van der Waals surface area contributed by atoms with Gasteiger partial charge in [-0.15, -0.1) is 0 Å². The molecule has 1 fully saturated rings. The molecule has 1 aliphatic rings. The smallest absolute Gasteiger partial charge is 0.261 e. The predicted molar refractivity (Wildman–Crippen MR) is 102 cm³/mol. The van der Waals surface area contributed by atoms with Crippen LogP contribution in [-0.2, 0) is 6.54 Å². The maximum absolute atomic E-state index is 12.8. The minimum Gasteiger partial charge on any atom is -0.497 e. The monoisotopic (exact) mass is 350 g/mol. The number of rotatable bonds is 4. The molecule has 134 valence electrons. The van der Waals surface area contributed by atoms with E-state index in [1.54, 1.807) is 17.9 Å². The maximum atomic E-state index is 12.8. The van der Waals surface area contributed by atoms with Crippen LogP contribution < -0.4 is 15.2 Å².